The maximum atomic E-state index is 4.36. The van der Waals surface area contributed by atoms with Gasteiger partial charge in [-0.05, 0) is 14.1 Å². The highest BCUT2D eigenvalue weighted by Gasteiger charge is 2.21. The van der Waals surface area contributed by atoms with Gasteiger partial charge in [0.2, 0.25) is 0 Å². The van der Waals surface area contributed by atoms with Gasteiger partial charge in [-0.3, -0.25) is 0 Å². The Morgan fingerprint density at radius 2 is 2.22 bits per heavy atom. The summed E-state index contributed by atoms with van der Waals surface area (Å²) >= 11 is 0. The molecular formula is C12H24N6. The van der Waals surface area contributed by atoms with Gasteiger partial charge < -0.3 is 20.9 Å². The Balaban J connectivity index is 1.63. The minimum absolute atomic E-state index is 0.518. The second kappa shape index (κ2) is 6.72. The summed E-state index contributed by atoms with van der Waals surface area (Å²) in [5.74, 6) is 1.12. The Labute approximate surface area is 109 Å². The zero-order chi connectivity index (χ0) is 12.8. The average Bonchev–Trinajstić information content (AvgIpc) is 2.69. The second-order valence-corrected chi connectivity index (χ2v) is 4.95. The van der Waals surface area contributed by atoms with Crippen molar-refractivity contribution in [2.24, 2.45) is 0 Å². The molecule has 0 radical (unpaired) electrons. The summed E-state index contributed by atoms with van der Waals surface area (Å²) in [5.41, 5.74) is 0. The molecule has 6 nitrogen and oxygen atoms in total. The number of rotatable bonds is 8. The lowest BCUT2D eigenvalue weighted by molar-refractivity contribution is 0.321. The average molecular weight is 252 g/mol. The van der Waals surface area contributed by atoms with Gasteiger partial charge in [-0.15, -0.1) is 0 Å². The third-order valence-electron chi connectivity index (χ3n) is 3.12. The predicted octanol–water partition coefficient (Wildman–Crippen LogP) is -0.409. The summed E-state index contributed by atoms with van der Waals surface area (Å²) < 4.78 is 2.08. The van der Waals surface area contributed by atoms with E-state index in [1.807, 2.05) is 12.3 Å². The van der Waals surface area contributed by atoms with Crippen LogP contribution in [-0.4, -0.2) is 68.0 Å². The van der Waals surface area contributed by atoms with Crippen LogP contribution in [0.3, 0.4) is 0 Å². The minimum Gasteiger partial charge on any atom is -0.369 e. The van der Waals surface area contributed by atoms with E-state index in [1.54, 1.807) is 0 Å². The van der Waals surface area contributed by atoms with Crippen LogP contribution in [0.4, 0.5) is 5.82 Å². The molecule has 1 aromatic heterocycles. The molecule has 0 aliphatic carbocycles. The Morgan fingerprint density at radius 1 is 1.39 bits per heavy atom. The van der Waals surface area contributed by atoms with E-state index < -0.39 is 0 Å². The maximum Gasteiger partial charge on any atom is 0.124 e. The fraction of sp³-hybridized carbons (Fsp3) is 0.750. The molecule has 1 fully saturated rings. The van der Waals surface area contributed by atoms with Crippen molar-refractivity contribution < 1.29 is 0 Å². The van der Waals surface area contributed by atoms with Crippen molar-refractivity contribution in [1.82, 2.24) is 25.3 Å². The van der Waals surface area contributed by atoms with Crippen LogP contribution < -0.4 is 16.0 Å². The first-order valence-corrected chi connectivity index (χ1v) is 6.61. The summed E-state index contributed by atoms with van der Waals surface area (Å²) in [6, 6.07) is 2.56. The van der Waals surface area contributed by atoms with Crippen molar-refractivity contribution in [3.8, 4) is 0 Å². The van der Waals surface area contributed by atoms with Gasteiger partial charge in [0.15, 0.2) is 0 Å². The van der Waals surface area contributed by atoms with E-state index in [0.717, 1.165) is 45.1 Å². The highest BCUT2D eigenvalue weighted by atomic mass is 15.4. The standard InChI is InChI=1S/C12H24N6/c1-17(2)8-7-13-5-6-15-12-3-4-16-18(12)11-9-14-10-11/h3-4,11,13-15H,5-10H2,1-2H3. The van der Waals surface area contributed by atoms with Gasteiger partial charge in [0.05, 0.1) is 12.2 Å². The monoisotopic (exact) mass is 252 g/mol. The number of hydrogen-bond donors (Lipinski definition) is 3. The molecule has 0 atom stereocenters. The van der Waals surface area contributed by atoms with Crippen molar-refractivity contribution in [3.63, 3.8) is 0 Å². The second-order valence-electron chi connectivity index (χ2n) is 4.95. The van der Waals surface area contributed by atoms with Crippen LogP contribution in [0.1, 0.15) is 6.04 Å². The van der Waals surface area contributed by atoms with Crippen molar-refractivity contribution in [2.45, 2.75) is 6.04 Å². The van der Waals surface area contributed by atoms with Gasteiger partial charge in [0.1, 0.15) is 5.82 Å². The molecule has 6 heteroatoms. The first-order chi connectivity index (χ1) is 8.77. The first-order valence-electron chi connectivity index (χ1n) is 6.61. The molecule has 18 heavy (non-hydrogen) atoms. The largest absolute Gasteiger partial charge is 0.369 e. The molecule has 3 N–H and O–H groups in total. The number of hydrogen-bond acceptors (Lipinski definition) is 5. The van der Waals surface area contributed by atoms with Crippen LogP contribution in [-0.2, 0) is 0 Å². The number of nitrogens with one attached hydrogen (secondary N) is 3. The molecule has 0 amide bonds. The SMILES string of the molecule is CN(C)CCNCCNc1ccnn1C1CNC1. The quantitative estimate of drug-likeness (QED) is 0.549. The third-order valence-corrected chi connectivity index (χ3v) is 3.12. The smallest absolute Gasteiger partial charge is 0.124 e. The fourth-order valence-corrected chi connectivity index (χ4v) is 1.90. The Bertz CT molecular complexity index is 344. The van der Waals surface area contributed by atoms with Crippen LogP contribution in [0.2, 0.25) is 0 Å². The van der Waals surface area contributed by atoms with Gasteiger partial charge in [0.25, 0.3) is 0 Å². The van der Waals surface area contributed by atoms with E-state index in [-0.39, 0.29) is 0 Å². The Morgan fingerprint density at radius 3 is 2.89 bits per heavy atom. The van der Waals surface area contributed by atoms with Gasteiger partial charge in [-0.1, -0.05) is 0 Å². The van der Waals surface area contributed by atoms with Crippen LogP contribution in [0.25, 0.3) is 0 Å². The highest BCUT2D eigenvalue weighted by molar-refractivity contribution is 5.34. The lowest BCUT2D eigenvalue weighted by Crippen LogP contribution is -2.44. The molecule has 0 unspecified atom stereocenters. The fourth-order valence-electron chi connectivity index (χ4n) is 1.90. The molecule has 1 aromatic rings. The first kappa shape index (κ1) is 13.3. The lowest BCUT2D eigenvalue weighted by Gasteiger charge is -2.28. The van der Waals surface area contributed by atoms with E-state index >= 15 is 0 Å². The van der Waals surface area contributed by atoms with Crippen molar-refractivity contribution in [3.05, 3.63) is 12.3 Å². The van der Waals surface area contributed by atoms with Crippen LogP contribution in [0, 0.1) is 0 Å². The lowest BCUT2D eigenvalue weighted by atomic mass is 10.2. The van der Waals surface area contributed by atoms with Crippen LogP contribution >= 0.6 is 0 Å². The molecule has 102 valence electrons. The Hall–Kier alpha value is -1.11. The molecule has 0 spiro atoms. The molecule has 0 bridgehead atoms. The van der Waals surface area contributed by atoms with E-state index in [9.17, 15) is 0 Å². The summed E-state index contributed by atoms with van der Waals surface area (Å²) in [4.78, 5) is 2.18. The normalized spacial score (nSPS) is 15.9. The summed E-state index contributed by atoms with van der Waals surface area (Å²) in [6.45, 7) is 6.06. The van der Waals surface area contributed by atoms with E-state index in [4.69, 9.17) is 0 Å². The van der Waals surface area contributed by atoms with Gasteiger partial charge >= 0.3 is 0 Å². The number of likely N-dealkylation sites (N-methyl/N-ethyl adjacent to an activating group) is 1. The van der Waals surface area contributed by atoms with E-state index in [0.29, 0.717) is 6.04 Å². The minimum atomic E-state index is 0.518. The Kier molecular flexibility index (Phi) is 4.98. The van der Waals surface area contributed by atoms with Gasteiger partial charge in [0, 0.05) is 45.3 Å². The van der Waals surface area contributed by atoms with E-state index in [1.165, 1.54) is 0 Å². The number of aromatic nitrogens is 2. The van der Waals surface area contributed by atoms with E-state index in [2.05, 4.69) is 44.7 Å². The zero-order valence-electron chi connectivity index (χ0n) is 11.3. The topological polar surface area (TPSA) is 57.1 Å². The van der Waals surface area contributed by atoms with Crippen molar-refractivity contribution >= 4 is 5.82 Å². The maximum absolute atomic E-state index is 4.36. The number of anilines is 1. The van der Waals surface area contributed by atoms with Crippen LogP contribution in [0.15, 0.2) is 12.3 Å². The number of nitrogens with zero attached hydrogens (tertiary/aromatic N) is 3. The molecule has 2 heterocycles. The molecule has 1 saturated heterocycles. The van der Waals surface area contributed by atoms with Gasteiger partial charge in [-0.2, -0.15) is 5.10 Å². The zero-order valence-corrected chi connectivity index (χ0v) is 11.3. The van der Waals surface area contributed by atoms with Crippen molar-refractivity contribution in [1.29, 1.82) is 0 Å². The van der Waals surface area contributed by atoms with Gasteiger partial charge in [-0.25, -0.2) is 4.68 Å². The predicted molar refractivity (Wildman–Crippen MR) is 74.0 cm³/mol. The molecule has 0 saturated carbocycles. The molecular weight excluding hydrogens is 228 g/mol. The molecule has 2 rings (SSSR count). The highest BCUT2D eigenvalue weighted by Crippen LogP contribution is 2.16. The summed E-state index contributed by atoms with van der Waals surface area (Å²) in [7, 11) is 4.18. The third kappa shape index (κ3) is 3.69. The molecule has 0 aromatic carbocycles. The molecule has 1 aliphatic heterocycles. The van der Waals surface area contributed by atoms with Crippen LogP contribution in [0.5, 0.6) is 0 Å². The summed E-state index contributed by atoms with van der Waals surface area (Å²) in [5, 5.41) is 14.5. The summed E-state index contributed by atoms with van der Waals surface area (Å²) in [6.07, 6.45) is 1.86. The van der Waals surface area contributed by atoms with Crippen molar-refractivity contribution in [2.75, 3.05) is 58.7 Å². The molecule has 1 aliphatic rings.